The van der Waals surface area contributed by atoms with Crippen LogP contribution in [0.5, 0.6) is 0 Å². The predicted molar refractivity (Wildman–Crippen MR) is 151 cm³/mol. The van der Waals surface area contributed by atoms with Gasteiger partial charge in [-0.25, -0.2) is 8.78 Å². The third-order valence-corrected chi connectivity index (χ3v) is 7.49. The van der Waals surface area contributed by atoms with Gasteiger partial charge in [0.15, 0.2) is 0 Å². The molecule has 1 saturated carbocycles. The Labute approximate surface area is 232 Å². The summed E-state index contributed by atoms with van der Waals surface area (Å²) in [5.74, 6) is 0. The van der Waals surface area contributed by atoms with Gasteiger partial charge in [0.2, 0.25) is 0 Å². The first-order valence-electron chi connectivity index (χ1n) is 12.9. The second-order valence-electron chi connectivity index (χ2n) is 11.5. The van der Waals surface area contributed by atoms with Crippen LogP contribution in [0.25, 0.3) is 10.9 Å². The van der Waals surface area contributed by atoms with E-state index in [1.54, 1.807) is 12.3 Å². The van der Waals surface area contributed by atoms with Gasteiger partial charge in [-0.05, 0) is 48.4 Å². The van der Waals surface area contributed by atoms with Gasteiger partial charge in [0.1, 0.15) is 11.6 Å². The zero-order valence-corrected chi connectivity index (χ0v) is 23.1. The van der Waals surface area contributed by atoms with E-state index in [0.29, 0.717) is 52.6 Å². The Morgan fingerprint density at radius 2 is 1.97 bits per heavy atom. The molecular weight excluding hydrogens is 520 g/mol. The van der Waals surface area contributed by atoms with Crippen molar-refractivity contribution >= 4 is 33.9 Å². The maximum absolute atomic E-state index is 13.8. The number of anilines is 2. The summed E-state index contributed by atoms with van der Waals surface area (Å²) >= 11 is 6.72. The fourth-order valence-corrected chi connectivity index (χ4v) is 5.05. The highest BCUT2D eigenvalue weighted by molar-refractivity contribution is 6.35. The minimum Gasteiger partial charge on any atom is -0.383 e. The monoisotopic (exact) mass is 551 g/mol. The van der Waals surface area contributed by atoms with Gasteiger partial charge in [0.25, 0.3) is 6.43 Å². The Hall–Kier alpha value is -3.61. The summed E-state index contributed by atoms with van der Waals surface area (Å²) in [4.78, 5) is 4.45. The molecule has 5 rings (SSSR count). The lowest BCUT2D eigenvalue weighted by Gasteiger charge is -2.25. The molecule has 2 heterocycles. The molecule has 2 aromatic carbocycles. The molecule has 0 amide bonds. The van der Waals surface area contributed by atoms with Crippen molar-refractivity contribution in [3.63, 3.8) is 0 Å². The third kappa shape index (κ3) is 5.32. The summed E-state index contributed by atoms with van der Waals surface area (Å²) in [5, 5.41) is 19.4. The minimum absolute atomic E-state index is 0.0193. The van der Waals surface area contributed by atoms with Gasteiger partial charge in [-0.15, -0.1) is 5.53 Å². The lowest BCUT2D eigenvalue weighted by atomic mass is 9.96. The van der Waals surface area contributed by atoms with Crippen molar-refractivity contribution in [3.8, 4) is 6.07 Å². The van der Waals surface area contributed by atoms with Crippen LogP contribution < -0.4 is 21.6 Å². The van der Waals surface area contributed by atoms with Crippen LogP contribution in [-0.4, -0.2) is 28.5 Å². The lowest BCUT2D eigenvalue weighted by Crippen LogP contribution is -2.48. The minimum atomic E-state index is -2.47. The van der Waals surface area contributed by atoms with Gasteiger partial charge in [-0.2, -0.15) is 5.26 Å². The number of nitrogens with zero attached hydrogens (tertiary/aromatic N) is 3. The molecule has 1 atom stereocenters. The molecule has 39 heavy (non-hydrogen) atoms. The smallest absolute Gasteiger partial charge is 0.262 e. The molecule has 4 N–H and O–H groups in total. The van der Waals surface area contributed by atoms with Crippen LogP contribution in [0.15, 0.2) is 54.5 Å². The van der Waals surface area contributed by atoms with E-state index in [9.17, 15) is 14.0 Å². The first kappa shape index (κ1) is 27.0. The number of pyridine rings is 1. The molecule has 3 aromatic rings. The van der Waals surface area contributed by atoms with Crippen molar-refractivity contribution in [2.24, 2.45) is 5.41 Å². The van der Waals surface area contributed by atoms with Crippen LogP contribution in [0, 0.1) is 23.7 Å². The first-order chi connectivity index (χ1) is 18.5. The zero-order chi connectivity index (χ0) is 27.9. The molecule has 1 aliphatic carbocycles. The predicted octanol–water partition coefficient (Wildman–Crippen LogP) is 6.64. The molecule has 0 bridgehead atoms. The summed E-state index contributed by atoms with van der Waals surface area (Å²) in [7, 11) is 0. The highest BCUT2D eigenvalue weighted by Gasteiger charge is 2.56. The normalized spacial score (nSPS) is 17.0. The molecule has 0 unspecified atom stereocenters. The van der Waals surface area contributed by atoms with Crippen LogP contribution >= 0.6 is 11.6 Å². The fourth-order valence-electron chi connectivity index (χ4n) is 4.78. The molecule has 1 aliphatic heterocycles. The Kier molecular flexibility index (Phi) is 7.04. The number of nitrogens with one attached hydrogen (secondary N) is 4. The molecule has 2 aliphatic rings. The topological polar surface area (TPSA) is 88.0 Å². The number of benzene rings is 2. The molecule has 204 valence electrons. The SMILES string of the molecule is Cc1ccccc1[C@H](Nc1cc(Cl)c2ncc(C#N)c(NCC(C)(C)C)c2c1)C1=CN(C2(C(F)F)CC2)NN1. The van der Waals surface area contributed by atoms with Crippen molar-refractivity contribution in [2.45, 2.75) is 58.5 Å². The van der Waals surface area contributed by atoms with E-state index in [0.717, 1.165) is 16.5 Å². The van der Waals surface area contributed by atoms with Crippen molar-refractivity contribution < 1.29 is 8.78 Å². The van der Waals surface area contributed by atoms with Crippen molar-refractivity contribution in [3.05, 3.63) is 76.2 Å². The fraction of sp³-hybridized carbons (Fsp3) is 0.379. The summed E-state index contributed by atoms with van der Waals surface area (Å²) < 4.78 is 27.6. The number of aromatic nitrogens is 1. The van der Waals surface area contributed by atoms with Crippen molar-refractivity contribution in [1.82, 2.24) is 21.0 Å². The number of fused-ring (bicyclic) bond motifs is 1. The number of nitriles is 1. The van der Waals surface area contributed by atoms with E-state index in [1.165, 1.54) is 11.2 Å². The van der Waals surface area contributed by atoms with Crippen LogP contribution in [0.3, 0.4) is 0 Å². The lowest BCUT2D eigenvalue weighted by molar-refractivity contribution is 0.00911. The van der Waals surface area contributed by atoms with Crippen LogP contribution in [-0.2, 0) is 0 Å². The number of aryl methyl sites for hydroxylation is 1. The molecule has 0 saturated heterocycles. The van der Waals surface area contributed by atoms with Crippen molar-refractivity contribution in [2.75, 3.05) is 17.2 Å². The van der Waals surface area contributed by atoms with E-state index < -0.39 is 18.0 Å². The molecule has 0 radical (unpaired) electrons. The van der Waals surface area contributed by atoms with Gasteiger partial charge in [0, 0.05) is 30.0 Å². The number of hydrazine groups is 2. The van der Waals surface area contributed by atoms with Gasteiger partial charge < -0.3 is 16.1 Å². The quantitative estimate of drug-likeness (QED) is 0.249. The average molecular weight is 552 g/mol. The number of alkyl halides is 2. The zero-order valence-electron chi connectivity index (χ0n) is 22.4. The first-order valence-corrected chi connectivity index (χ1v) is 13.3. The number of hydrogen-bond donors (Lipinski definition) is 4. The highest BCUT2D eigenvalue weighted by Crippen LogP contribution is 2.47. The highest BCUT2D eigenvalue weighted by atomic mass is 35.5. The molecule has 1 fully saturated rings. The molecule has 1 aromatic heterocycles. The van der Waals surface area contributed by atoms with Crippen LogP contribution in [0.4, 0.5) is 20.2 Å². The standard InChI is InChI=1S/C29H32ClF2N7/c1-17-7-5-6-8-20(17)26(23-15-39(38-37-23)29(9-10-29)27(31)32)36-19-11-21-24(35-16-28(2,3)4)18(13-33)14-34-25(21)22(30)12-19/h5-8,11-12,14-15,26-27,36-38H,9-10,16H2,1-4H3,(H,34,35)/t26-/m0/s1. The summed E-state index contributed by atoms with van der Waals surface area (Å²) in [5.41, 5.74) is 9.94. The Balaban J connectivity index is 1.57. The Morgan fingerprint density at radius 3 is 2.62 bits per heavy atom. The van der Waals surface area contributed by atoms with E-state index in [1.807, 2.05) is 37.3 Å². The second kappa shape index (κ2) is 10.2. The third-order valence-electron chi connectivity index (χ3n) is 7.20. The van der Waals surface area contributed by atoms with E-state index in [2.05, 4.69) is 53.4 Å². The van der Waals surface area contributed by atoms with Gasteiger partial charge >= 0.3 is 0 Å². The summed E-state index contributed by atoms with van der Waals surface area (Å²) in [6, 6.07) is 13.5. The number of halogens is 3. The van der Waals surface area contributed by atoms with E-state index >= 15 is 0 Å². The van der Waals surface area contributed by atoms with E-state index in [-0.39, 0.29) is 5.41 Å². The van der Waals surface area contributed by atoms with Gasteiger partial charge in [0.05, 0.1) is 33.5 Å². The van der Waals surface area contributed by atoms with Crippen LogP contribution in [0.1, 0.15) is 56.3 Å². The maximum atomic E-state index is 13.8. The van der Waals surface area contributed by atoms with E-state index in [4.69, 9.17) is 11.6 Å². The Morgan fingerprint density at radius 1 is 1.23 bits per heavy atom. The van der Waals surface area contributed by atoms with Crippen molar-refractivity contribution in [1.29, 1.82) is 5.26 Å². The largest absolute Gasteiger partial charge is 0.383 e. The second-order valence-corrected chi connectivity index (χ2v) is 11.9. The van der Waals surface area contributed by atoms with Gasteiger partial charge in [-0.3, -0.25) is 9.99 Å². The molecule has 10 heteroatoms. The summed E-state index contributed by atoms with van der Waals surface area (Å²) in [6.07, 6.45) is 1.63. The average Bonchev–Trinajstić information content (AvgIpc) is 3.56. The molecular formula is C29H32ClF2N7. The molecule has 7 nitrogen and oxygen atoms in total. The molecule has 0 spiro atoms. The number of rotatable bonds is 8. The summed E-state index contributed by atoms with van der Waals surface area (Å²) in [6.45, 7) is 8.99. The maximum Gasteiger partial charge on any atom is 0.262 e. The van der Waals surface area contributed by atoms with Gasteiger partial charge in [-0.1, -0.05) is 56.6 Å². The van der Waals surface area contributed by atoms with Crippen LogP contribution in [0.2, 0.25) is 5.02 Å². The number of hydrogen-bond acceptors (Lipinski definition) is 7. The Bertz CT molecular complexity index is 1470.